The van der Waals surface area contributed by atoms with Crippen molar-refractivity contribution in [3.63, 3.8) is 0 Å². The smallest absolute Gasteiger partial charge is 0.240 e. The summed E-state index contributed by atoms with van der Waals surface area (Å²) in [6.45, 7) is 2.14. The second-order valence-corrected chi connectivity index (χ2v) is 6.17. The fourth-order valence-electron chi connectivity index (χ4n) is 2.39. The largest absolute Gasteiger partial charge is 0.497 e. The number of nitrogens with zero attached hydrogens (tertiary/aromatic N) is 1. The van der Waals surface area contributed by atoms with E-state index in [-0.39, 0.29) is 18.2 Å². The van der Waals surface area contributed by atoms with Crippen LogP contribution >= 0.6 is 0 Å². The van der Waals surface area contributed by atoms with Crippen LogP contribution in [0.3, 0.4) is 0 Å². The third-order valence-electron chi connectivity index (χ3n) is 3.92. The number of carbonyl (C=O) groups is 2. The summed E-state index contributed by atoms with van der Waals surface area (Å²) < 4.78 is 5.10. The fraction of sp³-hybridized carbons (Fsp3) is 0.286. The van der Waals surface area contributed by atoms with E-state index in [9.17, 15) is 9.59 Å². The summed E-state index contributed by atoms with van der Waals surface area (Å²) in [7, 11) is 1.61. The molecule has 0 aromatic heterocycles. The molecule has 2 N–H and O–H groups in total. The molecule has 0 aliphatic carbocycles. The predicted molar refractivity (Wildman–Crippen MR) is 105 cm³/mol. The zero-order valence-corrected chi connectivity index (χ0v) is 15.7. The summed E-state index contributed by atoms with van der Waals surface area (Å²) in [4.78, 5) is 23.8. The van der Waals surface area contributed by atoms with Crippen LogP contribution in [0.15, 0.2) is 59.7 Å². The first kappa shape index (κ1) is 20.2. The highest BCUT2D eigenvalue weighted by atomic mass is 16.5. The van der Waals surface area contributed by atoms with E-state index in [4.69, 9.17) is 4.74 Å². The third kappa shape index (κ3) is 7.73. The summed E-state index contributed by atoms with van der Waals surface area (Å²) in [5.74, 6) is 0.457. The van der Waals surface area contributed by atoms with Gasteiger partial charge in [-0.25, -0.2) is 5.43 Å². The molecule has 6 heteroatoms. The highest BCUT2D eigenvalue weighted by molar-refractivity contribution is 6.00. The number of benzene rings is 2. The summed E-state index contributed by atoms with van der Waals surface area (Å²) in [6.07, 6.45) is 1.14. The van der Waals surface area contributed by atoms with Gasteiger partial charge in [0.1, 0.15) is 5.75 Å². The number of ether oxygens (including phenoxy) is 1. The van der Waals surface area contributed by atoms with Gasteiger partial charge in [-0.15, -0.1) is 0 Å². The third-order valence-corrected chi connectivity index (χ3v) is 3.92. The number of methoxy groups -OCH3 is 1. The molecule has 0 saturated heterocycles. The minimum absolute atomic E-state index is 0.134. The normalized spacial score (nSPS) is 11.0. The van der Waals surface area contributed by atoms with Crippen molar-refractivity contribution in [3.8, 4) is 5.75 Å². The zero-order chi connectivity index (χ0) is 19.5. The molecule has 0 aliphatic rings. The Bertz CT molecular complexity index is 771. The number of hydrogen-bond acceptors (Lipinski definition) is 4. The number of aryl methyl sites for hydroxylation is 1. The average Bonchev–Trinajstić information content (AvgIpc) is 2.70. The maximum Gasteiger partial charge on any atom is 0.240 e. The lowest BCUT2D eigenvalue weighted by Gasteiger charge is -2.07. The van der Waals surface area contributed by atoms with E-state index in [2.05, 4.69) is 15.8 Å². The molecule has 2 rings (SSSR count). The minimum atomic E-state index is -0.170. The molecule has 0 radical (unpaired) electrons. The van der Waals surface area contributed by atoms with Crippen LogP contribution in [0, 0.1) is 0 Å². The Hall–Kier alpha value is -3.15. The van der Waals surface area contributed by atoms with Crippen LogP contribution in [-0.4, -0.2) is 24.6 Å². The Kier molecular flexibility index (Phi) is 8.03. The van der Waals surface area contributed by atoms with Crippen molar-refractivity contribution in [2.45, 2.75) is 32.7 Å². The number of hydrogen-bond donors (Lipinski definition) is 2. The Balaban J connectivity index is 1.68. The van der Waals surface area contributed by atoms with Crippen LogP contribution in [0.25, 0.3) is 0 Å². The van der Waals surface area contributed by atoms with Crippen molar-refractivity contribution in [1.29, 1.82) is 0 Å². The highest BCUT2D eigenvalue weighted by Gasteiger charge is 2.06. The van der Waals surface area contributed by atoms with Crippen LogP contribution in [0.2, 0.25) is 0 Å². The van der Waals surface area contributed by atoms with Crippen molar-refractivity contribution in [2.75, 3.05) is 7.11 Å². The van der Waals surface area contributed by atoms with Gasteiger partial charge in [-0.05, 0) is 36.6 Å². The molecular weight excluding hydrogens is 342 g/mol. The maximum atomic E-state index is 12.0. The molecule has 2 amide bonds. The fourth-order valence-corrected chi connectivity index (χ4v) is 2.39. The van der Waals surface area contributed by atoms with E-state index in [0.717, 1.165) is 16.9 Å². The molecule has 0 atom stereocenters. The molecule has 0 spiro atoms. The molecule has 142 valence electrons. The van der Waals surface area contributed by atoms with Gasteiger partial charge in [-0.3, -0.25) is 9.59 Å². The molecule has 0 aliphatic heterocycles. The topological polar surface area (TPSA) is 79.8 Å². The van der Waals surface area contributed by atoms with Gasteiger partial charge in [-0.1, -0.05) is 42.5 Å². The summed E-state index contributed by atoms with van der Waals surface area (Å²) in [5.41, 5.74) is 5.13. The maximum absolute atomic E-state index is 12.0. The van der Waals surface area contributed by atoms with Crippen molar-refractivity contribution < 1.29 is 14.3 Å². The van der Waals surface area contributed by atoms with Gasteiger partial charge >= 0.3 is 0 Å². The first-order valence-electron chi connectivity index (χ1n) is 8.82. The van der Waals surface area contributed by atoms with E-state index in [1.807, 2.05) is 54.6 Å². The van der Waals surface area contributed by atoms with E-state index < -0.39 is 0 Å². The van der Waals surface area contributed by atoms with Crippen molar-refractivity contribution in [3.05, 3.63) is 65.7 Å². The molecule has 27 heavy (non-hydrogen) atoms. The van der Waals surface area contributed by atoms with Crippen LogP contribution < -0.4 is 15.5 Å². The van der Waals surface area contributed by atoms with Gasteiger partial charge in [0.25, 0.3) is 0 Å². The van der Waals surface area contributed by atoms with Crippen molar-refractivity contribution in [1.82, 2.24) is 10.7 Å². The molecule has 0 unspecified atom stereocenters. The Labute approximate surface area is 159 Å². The quantitative estimate of drug-likeness (QED) is 0.528. The van der Waals surface area contributed by atoms with Gasteiger partial charge in [0, 0.05) is 18.7 Å². The Morgan fingerprint density at radius 3 is 2.33 bits per heavy atom. The van der Waals surface area contributed by atoms with Crippen molar-refractivity contribution in [2.24, 2.45) is 5.10 Å². The van der Waals surface area contributed by atoms with Gasteiger partial charge in [-0.2, -0.15) is 5.10 Å². The Morgan fingerprint density at radius 2 is 1.67 bits per heavy atom. The van der Waals surface area contributed by atoms with E-state index in [0.29, 0.717) is 25.1 Å². The van der Waals surface area contributed by atoms with E-state index in [1.54, 1.807) is 14.0 Å². The molecule has 0 saturated carbocycles. The van der Waals surface area contributed by atoms with Crippen LogP contribution in [0.1, 0.15) is 30.9 Å². The van der Waals surface area contributed by atoms with Crippen LogP contribution in [0.4, 0.5) is 0 Å². The lowest BCUT2D eigenvalue weighted by Crippen LogP contribution is -2.26. The molecule has 2 aromatic rings. The second kappa shape index (κ2) is 10.8. The standard InChI is InChI=1S/C21H25N3O3/c1-16(23-24-20(25)13-10-17-6-4-3-5-7-17)14-21(26)22-15-18-8-11-19(27-2)12-9-18/h3-9,11-12H,10,13-15H2,1-2H3,(H,22,26)(H,24,25)/b23-16-. The molecular formula is C21H25N3O3. The highest BCUT2D eigenvalue weighted by Crippen LogP contribution is 2.10. The lowest BCUT2D eigenvalue weighted by molar-refractivity contribution is -0.121. The van der Waals surface area contributed by atoms with E-state index >= 15 is 0 Å². The number of carbonyl (C=O) groups excluding carboxylic acids is 2. The number of rotatable bonds is 9. The van der Waals surface area contributed by atoms with Crippen LogP contribution in [0.5, 0.6) is 5.75 Å². The number of nitrogens with one attached hydrogen (secondary N) is 2. The number of hydrazone groups is 1. The molecule has 0 fully saturated rings. The first-order valence-corrected chi connectivity index (χ1v) is 8.82. The van der Waals surface area contributed by atoms with Gasteiger partial charge < -0.3 is 10.1 Å². The predicted octanol–water partition coefficient (Wildman–Crippen LogP) is 2.83. The molecule has 0 bridgehead atoms. The lowest BCUT2D eigenvalue weighted by atomic mass is 10.1. The second-order valence-electron chi connectivity index (χ2n) is 6.17. The van der Waals surface area contributed by atoms with Gasteiger partial charge in [0.2, 0.25) is 11.8 Å². The molecule has 6 nitrogen and oxygen atoms in total. The minimum Gasteiger partial charge on any atom is -0.497 e. The monoisotopic (exact) mass is 367 g/mol. The van der Waals surface area contributed by atoms with Crippen molar-refractivity contribution >= 4 is 17.5 Å². The molecule has 0 heterocycles. The SMILES string of the molecule is COc1ccc(CNC(=O)C/C(C)=N\NC(=O)CCc2ccccc2)cc1. The van der Waals surface area contributed by atoms with Gasteiger partial charge in [0.05, 0.1) is 13.5 Å². The van der Waals surface area contributed by atoms with Gasteiger partial charge in [0.15, 0.2) is 0 Å². The van der Waals surface area contributed by atoms with Crippen LogP contribution in [-0.2, 0) is 22.6 Å². The summed E-state index contributed by atoms with van der Waals surface area (Å²) in [5, 5.41) is 6.82. The average molecular weight is 367 g/mol. The number of amides is 2. The summed E-state index contributed by atoms with van der Waals surface area (Å²) >= 11 is 0. The molecule has 2 aromatic carbocycles. The zero-order valence-electron chi connectivity index (χ0n) is 15.7. The first-order chi connectivity index (χ1) is 13.1. The van der Waals surface area contributed by atoms with E-state index in [1.165, 1.54) is 0 Å². The Morgan fingerprint density at radius 1 is 0.963 bits per heavy atom. The summed E-state index contributed by atoms with van der Waals surface area (Å²) in [6, 6.07) is 17.3.